The van der Waals surface area contributed by atoms with Crippen molar-refractivity contribution in [2.45, 2.75) is 0 Å². The number of rotatable bonds is 1. The van der Waals surface area contributed by atoms with Gasteiger partial charge in [0.05, 0.1) is 11.5 Å². The first kappa shape index (κ1) is 7.14. The van der Waals surface area contributed by atoms with Crippen LogP contribution < -0.4 is 0 Å². The zero-order valence-electron chi connectivity index (χ0n) is 3.77. The van der Waals surface area contributed by atoms with Crippen LogP contribution in [-0.2, 0) is 10.1 Å². The number of hydrogen-bond acceptors (Lipinski definition) is 3. The fourth-order valence-electron chi connectivity index (χ4n) is 0.116. The molecular weight excluding hydrogens is 130 g/mol. The number of allylic oxidation sites excluding steroid dienone is 1. The Balaban J connectivity index is 4.19. The zero-order valence-corrected chi connectivity index (χ0v) is 4.59. The van der Waals surface area contributed by atoms with Crippen molar-refractivity contribution in [2.24, 2.45) is 0 Å². The largest absolute Gasteiger partial charge is 0.288 e. The Bertz CT molecular complexity index is 219. The van der Waals surface area contributed by atoms with Crippen molar-refractivity contribution in [3.63, 3.8) is 0 Å². The maximum absolute atomic E-state index is 9.71. The van der Waals surface area contributed by atoms with Crippen LogP contribution in [0.1, 0.15) is 0 Å². The zero-order chi connectivity index (χ0) is 6.62. The number of nitriles is 1. The molecule has 0 aliphatic carbocycles. The van der Waals surface area contributed by atoms with Gasteiger partial charge in [0.15, 0.2) is 0 Å². The molecule has 8 heavy (non-hydrogen) atoms. The molecule has 1 N–H and O–H groups in total. The van der Waals surface area contributed by atoms with Gasteiger partial charge in [0, 0.05) is 6.08 Å². The Morgan fingerprint density at radius 1 is 1.62 bits per heavy atom. The summed E-state index contributed by atoms with van der Waals surface area (Å²) in [6, 6.07) is 1.40. The summed E-state index contributed by atoms with van der Waals surface area (Å²) < 4.78 is 27.3. The SMILES string of the molecule is N#C/C=C/S(=O)(=O)O. The maximum atomic E-state index is 9.71. The summed E-state index contributed by atoms with van der Waals surface area (Å²) in [6.45, 7) is 0. The van der Waals surface area contributed by atoms with Crippen LogP contribution in [-0.4, -0.2) is 13.0 Å². The van der Waals surface area contributed by atoms with Crippen LogP contribution in [0.4, 0.5) is 0 Å². The monoisotopic (exact) mass is 133 g/mol. The van der Waals surface area contributed by atoms with Crippen LogP contribution in [0.25, 0.3) is 0 Å². The van der Waals surface area contributed by atoms with Crippen molar-refractivity contribution >= 4 is 10.1 Å². The summed E-state index contributed by atoms with van der Waals surface area (Å²) in [4.78, 5) is 0. The Morgan fingerprint density at radius 2 is 2.12 bits per heavy atom. The van der Waals surface area contributed by atoms with Crippen molar-refractivity contribution in [1.82, 2.24) is 0 Å². The van der Waals surface area contributed by atoms with E-state index in [-0.39, 0.29) is 0 Å². The molecule has 4 nitrogen and oxygen atoms in total. The predicted molar refractivity (Wildman–Crippen MR) is 26.3 cm³/mol. The van der Waals surface area contributed by atoms with Crippen molar-refractivity contribution in [2.75, 3.05) is 0 Å². The third-order valence-electron chi connectivity index (χ3n) is 0.315. The molecule has 0 aromatic carbocycles. The first-order valence-corrected chi connectivity index (χ1v) is 3.10. The normalized spacial score (nSPS) is 11.5. The Kier molecular flexibility index (Phi) is 2.19. The van der Waals surface area contributed by atoms with E-state index in [1.165, 1.54) is 6.07 Å². The third-order valence-corrected chi connectivity index (χ3v) is 0.795. The molecule has 0 rings (SSSR count). The summed E-state index contributed by atoms with van der Waals surface area (Å²) in [5.74, 6) is 0. The molecule has 0 aromatic rings. The first-order valence-electron chi connectivity index (χ1n) is 1.60. The van der Waals surface area contributed by atoms with Crippen LogP contribution in [0.2, 0.25) is 0 Å². The molecule has 0 spiro atoms. The lowest BCUT2D eigenvalue weighted by Crippen LogP contribution is -1.87. The van der Waals surface area contributed by atoms with E-state index >= 15 is 0 Å². The van der Waals surface area contributed by atoms with Gasteiger partial charge in [0.1, 0.15) is 0 Å². The van der Waals surface area contributed by atoms with E-state index in [0.29, 0.717) is 11.5 Å². The molecule has 0 saturated heterocycles. The average molecular weight is 133 g/mol. The lowest BCUT2D eigenvalue weighted by molar-refractivity contribution is 0.494. The van der Waals surface area contributed by atoms with Crippen molar-refractivity contribution in [3.8, 4) is 6.07 Å². The number of hydrogen-bond donors (Lipinski definition) is 1. The van der Waals surface area contributed by atoms with Gasteiger partial charge in [-0.3, -0.25) is 4.55 Å². The van der Waals surface area contributed by atoms with E-state index in [0.717, 1.165) is 0 Å². The van der Waals surface area contributed by atoms with Crippen LogP contribution >= 0.6 is 0 Å². The molecule has 0 aliphatic rings. The Morgan fingerprint density at radius 3 is 2.25 bits per heavy atom. The minimum Gasteiger partial charge on any atom is -0.282 e. The molecule has 44 valence electrons. The molecule has 0 atom stereocenters. The minimum atomic E-state index is -4.09. The lowest BCUT2D eigenvalue weighted by atomic mass is 10.7. The molecule has 0 amide bonds. The van der Waals surface area contributed by atoms with E-state index in [4.69, 9.17) is 9.81 Å². The van der Waals surface area contributed by atoms with E-state index in [9.17, 15) is 8.42 Å². The van der Waals surface area contributed by atoms with Crippen molar-refractivity contribution < 1.29 is 13.0 Å². The molecule has 5 heteroatoms. The van der Waals surface area contributed by atoms with Gasteiger partial charge in [-0.1, -0.05) is 0 Å². The molecule has 0 radical (unpaired) electrons. The van der Waals surface area contributed by atoms with Gasteiger partial charge in [0.2, 0.25) is 0 Å². The Labute approximate surface area is 46.8 Å². The Hall–Kier alpha value is -0.860. The van der Waals surface area contributed by atoms with Gasteiger partial charge >= 0.3 is 0 Å². The summed E-state index contributed by atoms with van der Waals surface area (Å²) >= 11 is 0. The van der Waals surface area contributed by atoms with Crippen LogP contribution in [0.3, 0.4) is 0 Å². The highest BCUT2D eigenvalue weighted by Crippen LogP contribution is 1.81. The molecule has 0 bridgehead atoms. The van der Waals surface area contributed by atoms with Crippen LogP contribution in [0.15, 0.2) is 11.5 Å². The highest BCUT2D eigenvalue weighted by atomic mass is 32.2. The van der Waals surface area contributed by atoms with E-state index in [1.54, 1.807) is 0 Å². The maximum Gasteiger partial charge on any atom is 0.288 e. The highest BCUT2D eigenvalue weighted by Gasteiger charge is 1.91. The summed E-state index contributed by atoms with van der Waals surface area (Å²) in [5, 5.41) is 8.13. The van der Waals surface area contributed by atoms with Gasteiger partial charge in [0.25, 0.3) is 10.1 Å². The van der Waals surface area contributed by atoms with Gasteiger partial charge in [-0.2, -0.15) is 13.7 Å². The summed E-state index contributed by atoms with van der Waals surface area (Å²) in [6.07, 6.45) is 0.676. The van der Waals surface area contributed by atoms with Crippen LogP contribution in [0, 0.1) is 11.3 Å². The molecular formula is C3H3NO3S. The summed E-state index contributed by atoms with van der Waals surface area (Å²) in [7, 11) is -4.09. The topological polar surface area (TPSA) is 78.2 Å². The molecule has 0 aromatic heterocycles. The fraction of sp³-hybridized carbons (Fsp3) is 0. The molecule has 0 aliphatic heterocycles. The van der Waals surface area contributed by atoms with E-state index in [2.05, 4.69) is 0 Å². The quantitative estimate of drug-likeness (QED) is 0.400. The molecule has 0 saturated carbocycles. The lowest BCUT2D eigenvalue weighted by Gasteiger charge is -1.75. The highest BCUT2D eigenvalue weighted by molar-refractivity contribution is 7.88. The van der Waals surface area contributed by atoms with Crippen LogP contribution in [0.5, 0.6) is 0 Å². The number of nitrogens with zero attached hydrogens (tertiary/aromatic N) is 1. The fourth-order valence-corrected chi connectivity index (χ4v) is 0.349. The molecule has 0 heterocycles. The van der Waals surface area contributed by atoms with Crippen molar-refractivity contribution in [3.05, 3.63) is 11.5 Å². The smallest absolute Gasteiger partial charge is 0.282 e. The third kappa shape index (κ3) is 5.14. The molecule has 0 fully saturated rings. The van der Waals surface area contributed by atoms with Crippen molar-refractivity contribution in [1.29, 1.82) is 5.26 Å². The second kappa shape index (κ2) is 2.45. The van der Waals surface area contributed by atoms with Gasteiger partial charge in [-0.15, -0.1) is 0 Å². The van der Waals surface area contributed by atoms with E-state index < -0.39 is 10.1 Å². The van der Waals surface area contributed by atoms with Gasteiger partial charge < -0.3 is 0 Å². The summed E-state index contributed by atoms with van der Waals surface area (Å²) in [5.41, 5.74) is 0. The first-order chi connectivity index (χ1) is 3.56. The second-order valence-electron chi connectivity index (χ2n) is 0.947. The van der Waals surface area contributed by atoms with Gasteiger partial charge in [-0.05, 0) is 0 Å². The van der Waals surface area contributed by atoms with E-state index in [1.807, 2.05) is 0 Å². The standard InChI is InChI=1S/C3H3NO3S/c4-2-1-3-8(5,6)7/h1,3H,(H,5,6,7)/b3-1+. The predicted octanol–water partition coefficient (Wildman–Crippen LogP) is -0.0885. The minimum absolute atomic E-state index is 0.410. The second-order valence-corrected chi connectivity index (χ2v) is 2.25. The molecule has 0 unspecified atom stereocenters. The van der Waals surface area contributed by atoms with Gasteiger partial charge in [-0.25, -0.2) is 0 Å². The average Bonchev–Trinajstić information content (AvgIpc) is 1.59.